The van der Waals surface area contributed by atoms with Crippen LogP contribution in [-0.2, 0) is 11.2 Å². The van der Waals surface area contributed by atoms with Crippen molar-refractivity contribution in [1.29, 1.82) is 5.26 Å². The molecule has 0 atom stereocenters. The number of unbranched alkanes of at least 4 members (excludes halogenated alkanes) is 1. The third-order valence-electron chi connectivity index (χ3n) is 3.50. The van der Waals surface area contributed by atoms with Crippen LogP contribution in [0.5, 0.6) is 0 Å². The molecule has 116 valence electrons. The molecule has 0 fully saturated rings. The molecule has 2 aromatic carbocycles. The minimum atomic E-state index is -0.309. The van der Waals surface area contributed by atoms with Crippen LogP contribution in [0.25, 0.3) is 6.08 Å². The zero-order valence-corrected chi connectivity index (χ0v) is 13.0. The predicted molar refractivity (Wildman–Crippen MR) is 92.4 cm³/mol. The van der Waals surface area contributed by atoms with Crippen LogP contribution in [0.15, 0.2) is 66.2 Å². The van der Waals surface area contributed by atoms with Crippen molar-refractivity contribution in [3.05, 3.63) is 77.4 Å². The van der Waals surface area contributed by atoms with Gasteiger partial charge in [0.15, 0.2) is 0 Å². The molecule has 0 aliphatic carbocycles. The van der Waals surface area contributed by atoms with Crippen molar-refractivity contribution in [3.8, 4) is 6.07 Å². The molecule has 3 nitrogen and oxygen atoms in total. The molecule has 0 radical (unpaired) electrons. The highest BCUT2D eigenvalue weighted by Gasteiger charge is 2.07. The Morgan fingerprint density at radius 2 is 1.65 bits per heavy atom. The second kappa shape index (κ2) is 9.22. The summed E-state index contributed by atoms with van der Waals surface area (Å²) in [5, 5.41) is 11.9. The van der Waals surface area contributed by atoms with E-state index in [2.05, 4.69) is 17.4 Å². The van der Waals surface area contributed by atoms with Gasteiger partial charge < -0.3 is 5.32 Å². The van der Waals surface area contributed by atoms with Gasteiger partial charge in [-0.2, -0.15) is 5.26 Å². The molecule has 1 N–H and O–H groups in total. The van der Waals surface area contributed by atoms with Gasteiger partial charge in [0.05, 0.1) is 0 Å². The average Bonchev–Trinajstić information content (AvgIpc) is 2.61. The number of rotatable bonds is 7. The maximum Gasteiger partial charge on any atom is 0.261 e. The zero-order chi connectivity index (χ0) is 16.3. The van der Waals surface area contributed by atoms with E-state index in [0.29, 0.717) is 6.54 Å². The number of nitriles is 1. The van der Waals surface area contributed by atoms with E-state index >= 15 is 0 Å². The molecular weight excluding hydrogens is 284 g/mol. The summed E-state index contributed by atoms with van der Waals surface area (Å²) in [5.41, 5.74) is 2.29. The van der Waals surface area contributed by atoms with Gasteiger partial charge in [0, 0.05) is 6.54 Å². The van der Waals surface area contributed by atoms with Gasteiger partial charge in [-0.25, -0.2) is 0 Å². The number of carbonyl (C=O) groups is 1. The van der Waals surface area contributed by atoms with Crippen molar-refractivity contribution in [2.75, 3.05) is 6.54 Å². The third kappa shape index (κ3) is 5.80. The minimum absolute atomic E-state index is 0.138. The Bertz CT molecular complexity index is 685. The normalized spacial score (nSPS) is 10.8. The molecule has 0 aliphatic heterocycles. The van der Waals surface area contributed by atoms with Crippen molar-refractivity contribution >= 4 is 12.0 Å². The van der Waals surface area contributed by atoms with Crippen LogP contribution in [-0.4, -0.2) is 12.5 Å². The van der Waals surface area contributed by atoms with Gasteiger partial charge in [-0.15, -0.1) is 0 Å². The largest absolute Gasteiger partial charge is 0.351 e. The number of amides is 1. The van der Waals surface area contributed by atoms with Crippen LogP contribution >= 0.6 is 0 Å². The lowest BCUT2D eigenvalue weighted by Gasteiger charge is -2.05. The van der Waals surface area contributed by atoms with Crippen LogP contribution in [0.4, 0.5) is 0 Å². The highest BCUT2D eigenvalue weighted by molar-refractivity contribution is 6.01. The van der Waals surface area contributed by atoms with E-state index < -0.39 is 0 Å². The summed E-state index contributed by atoms with van der Waals surface area (Å²) in [6.07, 6.45) is 4.51. The molecular formula is C20H20N2O. The van der Waals surface area contributed by atoms with E-state index in [1.807, 2.05) is 54.6 Å². The fourth-order valence-electron chi connectivity index (χ4n) is 2.26. The maximum atomic E-state index is 12.0. The van der Waals surface area contributed by atoms with Gasteiger partial charge in [0.25, 0.3) is 5.91 Å². The lowest BCUT2D eigenvalue weighted by Crippen LogP contribution is -2.25. The number of aryl methyl sites for hydroxylation is 1. The SMILES string of the molecule is N#CC(=Cc1ccccc1)C(=O)NCCCCc1ccccc1. The summed E-state index contributed by atoms with van der Waals surface area (Å²) < 4.78 is 0. The van der Waals surface area contributed by atoms with Gasteiger partial charge in [-0.05, 0) is 36.5 Å². The molecule has 3 heteroatoms. The van der Waals surface area contributed by atoms with Crippen LogP contribution in [0.2, 0.25) is 0 Å². The van der Waals surface area contributed by atoms with E-state index in [0.717, 1.165) is 24.8 Å². The minimum Gasteiger partial charge on any atom is -0.351 e. The van der Waals surface area contributed by atoms with Crippen molar-refractivity contribution in [3.63, 3.8) is 0 Å². The lowest BCUT2D eigenvalue weighted by molar-refractivity contribution is -0.117. The first-order chi connectivity index (χ1) is 11.3. The van der Waals surface area contributed by atoms with Crippen LogP contribution < -0.4 is 5.32 Å². The first-order valence-electron chi connectivity index (χ1n) is 7.78. The van der Waals surface area contributed by atoms with E-state index in [1.54, 1.807) is 6.08 Å². The van der Waals surface area contributed by atoms with Crippen molar-refractivity contribution in [2.24, 2.45) is 0 Å². The Morgan fingerprint density at radius 3 is 2.30 bits per heavy atom. The summed E-state index contributed by atoms with van der Waals surface area (Å²) in [5.74, 6) is -0.309. The van der Waals surface area contributed by atoms with Crippen molar-refractivity contribution in [2.45, 2.75) is 19.3 Å². The van der Waals surface area contributed by atoms with Gasteiger partial charge in [-0.1, -0.05) is 60.7 Å². The molecule has 0 bridgehead atoms. The van der Waals surface area contributed by atoms with E-state index in [4.69, 9.17) is 5.26 Å². The molecule has 0 spiro atoms. The van der Waals surface area contributed by atoms with Gasteiger partial charge in [0.2, 0.25) is 0 Å². The number of hydrogen-bond acceptors (Lipinski definition) is 2. The second-order valence-corrected chi connectivity index (χ2v) is 5.28. The summed E-state index contributed by atoms with van der Waals surface area (Å²) in [4.78, 5) is 12.0. The molecule has 0 saturated heterocycles. The Balaban J connectivity index is 1.75. The Hall–Kier alpha value is -2.86. The quantitative estimate of drug-likeness (QED) is 0.481. The van der Waals surface area contributed by atoms with Gasteiger partial charge in [-0.3, -0.25) is 4.79 Å². The Morgan fingerprint density at radius 1 is 1.00 bits per heavy atom. The Kier molecular flexibility index (Phi) is 6.62. The molecule has 0 heterocycles. The summed E-state index contributed by atoms with van der Waals surface area (Å²) in [7, 11) is 0. The molecule has 1 amide bonds. The zero-order valence-electron chi connectivity index (χ0n) is 13.0. The second-order valence-electron chi connectivity index (χ2n) is 5.28. The molecule has 0 aromatic heterocycles. The monoisotopic (exact) mass is 304 g/mol. The summed E-state index contributed by atoms with van der Waals surface area (Å²) in [6, 6.07) is 21.6. The topological polar surface area (TPSA) is 52.9 Å². The van der Waals surface area contributed by atoms with Crippen LogP contribution in [0.1, 0.15) is 24.0 Å². The van der Waals surface area contributed by atoms with Crippen molar-refractivity contribution in [1.82, 2.24) is 5.32 Å². The van der Waals surface area contributed by atoms with E-state index in [1.165, 1.54) is 5.56 Å². The molecule has 2 rings (SSSR count). The summed E-state index contributed by atoms with van der Waals surface area (Å²) in [6.45, 7) is 0.583. The van der Waals surface area contributed by atoms with E-state index in [9.17, 15) is 4.79 Å². The highest BCUT2D eigenvalue weighted by Crippen LogP contribution is 2.07. The number of nitrogens with one attached hydrogen (secondary N) is 1. The van der Waals surface area contributed by atoms with Crippen LogP contribution in [0, 0.1) is 11.3 Å². The molecule has 23 heavy (non-hydrogen) atoms. The summed E-state index contributed by atoms with van der Waals surface area (Å²) >= 11 is 0. The fraction of sp³-hybridized carbons (Fsp3) is 0.200. The average molecular weight is 304 g/mol. The number of nitrogens with zero attached hydrogens (tertiary/aromatic N) is 1. The molecule has 0 saturated carbocycles. The first-order valence-corrected chi connectivity index (χ1v) is 7.78. The first kappa shape index (κ1) is 16.5. The maximum absolute atomic E-state index is 12.0. The van der Waals surface area contributed by atoms with Crippen molar-refractivity contribution < 1.29 is 4.79 Å². The lowest BCUT2D eigenvalue weighted by atomic mass is 10.1. The standard InChI is InChI=1S/C20H20N2O/c21-16-19(15-18-12-5-2-6-13-18)20(23)22-14-8-7-11-17-9-3-1-4-10-17/h1-6,9-10,12-13,15H,7-8,11,14H2,(H,22,23). The molecule has 0 unspecified atom stereocenters. The predicted octanol–water partition coefficient (Wildman–Crippen LogP) is 3.73. The Labute approximate surface area is 137 Å². The fourth-order valence-corrected chi connectivity index (χ4v) is 2.26. The van der Waals surface area contributed by atoms with E-state index in [-0.39, 0.29) is 11.5 Å². The smallest absolute Gasteiger partial charge is 0.261 e. The third-order valence-corrected chi connectivity index (χ3v) is 3.50. The van der Waals surface area contributed by atoms with Gasteiger partial charge >= 0.3 is 0 Å². The van der Waals surface area contributed by atoms with Crippen LogP contribution in [0.3, 0.4) is 0 Å². The number of hydrogen-bond donors (Lipinski definition) is 1. The number of carbonyl (C=O) groups excluding carboxylic acids is 1. The molecule has 2 aromatic rings. The number of benzene rings is 2. The highest BCUT2D eigenvalue weighted by atomic mass is 16.1. The van der Waals surface area contributed by atoms with Gasteiger partial charge in [0.1, 0.15) is 11.6 Å². The molecule has 0 aliphatic rings.